The van der Waals surface area contributed by atoms with E-state index in [4.69, 9.17) is 9.90 Å². The minimum absolute atomic E-state index is 0.0400. The highest BCUT2D eigenvalue weighted by atomic mass is 19.4. The molecule has 1 fully saturated rings. The molecule has 0 aliphatic carbocycles. The first-order valence-electron chi connectivity index (χ1n) is 9.35. The van der Waals surface area contributed by atoms with E-state index in [9.17, 15) is 32.3 Å². The quantitative estimate of drug-likeness (QED) is 0.436. The zero-order valence-corrected chi connectivity index (χ0v) is 16.5. The Balaban J connectivity index is 0.000000451. The minimum atomic E-state index is -5.08. The van der Waals surface area contributed by atoms with Crippen molar-refractivity contribution in [1.82, 2.24) is 20.6 Å². The average molecular weight is 460 g/mol. The van der Waals surface area contributed by atoms with E-state index in [2.05, 4.69) is 20.6 Å². The third-order valence-corrected chi connectivity index (χ3v) is 4.46. The molecule has 0 saturated carbocycles. The summed E-state index contributed by atoms with van der Waals surface area (Å²) in [5.74, 6) is -4.02. The molecule has 174 valence electrons. The van der Waals surface area contributed by atoms with Gasteiger partial charge in [-0.15, -0.1) is 0 Å². The summed E-state index contributed by atoms with van der Waals surface area (Å²) in [6.45, 7) is 1.75. The third-order valence-electron chi connectivity index (χ3n) is 4.46. The molecule has 13 heteroatoms. The van der Waals surface area contributed by atoms with Gasteiger partial charge in [-0.25, -0.2) is 14.2 Å². The number of rotatable bonds is 4. The Labute approximate surface area is 178 Å². The van der Waals surface area contributed by atoms with Gasteiger partial charge in [0.15, 0.2) is 5.69 Å². The van der Waals surface area contributed by atoms with Gasteiger partial charge in [-0.2, -0.15) is 13.2 Å². The number of aliphatic carboxylic acids is 1. The lowest BCUT2D eigenvalue weighted by molar-refractivity contribution is -0.192. The van der Waals surface area contributed by atoms with Crippen molar-refractivity contribution in [3.63, 3.8) is 0 Å². The first-order valence-corrected chi connectivity index (χ1v) is 9.35. The van der Waals surface area contributed by atoms with Crippen molar-refractivity contribution in [2.75, 3.05) is 13.1 Å². The standard InChI is InChI=1S/C17H19FN4O3.C2HF3O2/c18-12-3-1-10(2-4-12)9-20-16(24)13-14(23)17(25)22-15(21-13)11-5-7-19-8-6-11;3-2(4,5)1(6)7/h1-4,11,19,23H,5-9H2,(H,20,24)(H,21,22,25);(H,6,7). The summed E-state index contributed by atoms with van der Waals surface area (Å²) in [6, 6.07) is 5.67. The van der Waals surface area contributed by atoms with Crippen LogP contribution in [0.2, 0.25) is 0 Å². The van der Waals surface area contributed by atoms with Gasteiger partial charge in [-0.1, -0.05) is 12.1 Å². The van der Waals surface area contributed by atoms with Crippen molar-refractivity contribution >= 4 is 11.9 Å². The molecule has 0 atom stereocenters. The summed E-state index contributed by atoms with van der Waals surface area (Å²) >= 11 is 0. The molecule has 1 aromatic carbocycles. The van der Waals surface area contributed by atoms with Crippen LogP contribution in [0.15, 0.2) is 29.1 Å². The van der Waals surface area contributed by atoms with Crippen LogP contribution in [0, 0.1) is 5.82 Å². The van der Waals surface area contributed by atoms with Gasteiger partial charge >= 0.3 is 12.1 Å². The van der Waals surface area contributed by atoms with Crippen molar-refractivity contribution in [2.24, 2.45) is 0 Å². The van der Waals surface area contributed by atoms with E-state index < -0.39 is 29.4 Å². The number of aromatic hydroxyl groups is 1. The Bertz CT molecular complexity index is 1000. The Morgan fingerprint density at radius 1 is 1.16 bits per heavy atom. The fraction of sp³-hybridized carbons (Fsp3) is 0.368. The van der Waals surface area contributed by atoms with Gasteiger partial charge in [-0.05, 0) is 43.6 Å². The van der Waals surface area contributed by atoms with Gasteiger partial charge in [0, 0.05) is 12.5 Å². The highest BCUT2D eigenvalue weighted by molar-refractivity contribution is 5.94. The molecule has 0 spiro atoms. The molecule has 5 N–H and O–H groups in total. The number of hydrogen-bond donors (Lipinski definition) is 5. The van der Waals surface area contributed by atoms with Crippen LogP contribution in [0.5, 0.6) is 5.75 Å². The number of H-pyrrole nitrogens is 1. The van der Waals surface area contributed by atoms with E-state index in [0.717, 1.165) is 25.9 Å². The SMILES string of the molecule is O=C(NCc1ccc(F)cc1)c1nc(C2CCNCC2)[nH]c(=O)c1O.O=C(O)C(F)(F)F. The maximum atomic E-state index is 12.9. The maximum Gasteiger partial charge on any atom is 0.490 e. The van der Waals surface area contributed by atoms with E-state index in [1.807, 2.05) is 0 Å². The van der Waals surface area contributed by atoms with Crippen LogP contribution in [0.25, 0.3) is 0 Å². The largest absolute Gasteiger partial charge is 0.501 e. The first-order chi connectivity index (χ1) is 15.0. The van der Waals surface area contributed by atoms with Gasteiger partial charge in [-0.3, -0.25) is 9.59 Å². The molecular formula is C19H20F4N4O5. The van der Waals surface area contributed by atoms with Crippen molar-refractivity contribution in [3.8, 4) is 5.75 Å². The number of nitrogens with one attached hydrogen (secondary N) is 3. The van der Waals surface area contributed by atoms with Gasteiger partial charge < -0.3 is 25.8 Å². The predicted octanol–water partition coefficient (Wildman–Crippen LogP) is 1.64. The molecular weight excluding hydrogens is 440 g/mol. The molecule has 1 aliphatic heterocycles. The number of carboxylic acids is 1. The summed E-state index contributed by atoms with van der Waals surface area (Å²) in [7, 11) is 0. The van der Waals surface area contributed by atoms with Crippen molar-refractivity contribution in [2.45, 2.75) is 31.5 Å². The fourth-order valence-corrected chi connectivity index (χ4v) is 2.80. The number of alkyl halides is 3. The number of carboxylic acid groups (broad SMARTS) is 1. The molecule has 1 saturated heterocycles. The molecule has 0 radical (unpaired) electrons. The number of benzene rings is 1. The van der Waals surface area contributed by atoms with Gasteiger partial charge in [0.2, 0.25) is 5.75 Å². The second-order valence-corrected chi connectivity index (χ2v) is 6.78. The number of aromatic nitrogens is 2. The van der Waals surface area contributed by atoms with Crippen LogP contribution in [-0.2, 0) is 11.3 Å². The van der Waals surface area contributed by atoms with E-state index in [1.54, 1.807) is 12.1 Å². The van der Waals surface area contributed by atoms with Crippen molar-refractivity contribution < 1.29 is 37.4 Å². The Morgan fingerprint density at radius 3 is 2.25 bits per heavy atom. The van der Waals surface area contributed by atoms with E-state index in [0.29, 0.717) is 11.4 Å². The van der Waals surface area contributed by atoms with Crippen LogP contribution < -0.4 is 16.2 Å². The summed E-state index contributed by atoms with van der Waals surface area (Å²) in [6.07, 6.45) is -3.49. The second kappa shape index (κ2) is 10.7. The second-order valence-electron chi connectivity index (χ2n) is 6.78. The molecule has 2 aromatic rings. The molecule has 3 rings (SSSR count). The molecule has 1 aromatic heterocycles. The average Bonchev–Trinajstić information content (AvgIpc) is 2.75. The van der Waals surface area contributed by atoms with Crippen molar-refractivity contribution in [1.29, 1.82) is 0 Å². The summed E-state index contributed by atoms with van der Waals surface area (Å²) in [4.78, 5) is 39.9. The Kier molecular flexibility index (Phi) is 8.29. The van der Waals surface area contributed by atoms with Gasteiger partial charge in [0.05, 0.1) is 0 Å². The number of carbonyl (C=O) groups is 2. The molecule has 1 aliphatic rings. The van der Waals surface area contributed by atoms with E-state index in [1.165, 1.54) is 12.1 Å². The number of nitrogens with zero attached hydrogens (tertiary/aromatic N) is 1. The fourth-order valence-electron chi connectivity index (χ4n) is 2.80. The summed E-state index contributed by atoms with van der Waals surface area (Å²) in [5, 5.41) is 22.8. The topological polar surface area (TPSA) is 144 Å². The maximum absolute atomic E-state index is 12.9. The number of carbonyl (C=O) groups excluding carboxylic acids is 1. The number of piperidine rings is 1. The van der Waals surface area contributed by atoms with E-state index >= 15 is 0 Å². The monoisotopic (exact) mass is 460 g/mol. The van der Waals surface area contributed by atoms with Crippen LogP contribution in [0.4, 0.5) is 17.6 Å². The zero-order valence-electron chi connectivity index (χ0n) is 16.5. The van der Waals surface area contributed by atoms with Gasteiger partial charge in [0.1, 0.15) is 11.6 Å². The summed E-state index contributed by atoms with van der Waals surface area (Å²) in [5.41, 5.74) is -0.326. The molecule has 0 bridgehead atoms. The van der Waals surface area contributed by atoms with Crippen LogP contribution in [-0.4, -0.2) is 51.3 Å². The molecule has 0 unspecified atom stereocenters. The summed E-state index contributed by atoms with van der Waals surface area (Å²) < 4.78 is 44.6. The number of amides is 1. The van der Waals surface area contributed by atoms with Crippen molar-refractivity contribution in [3.05, 3.63) is 57.5 Å². The van der Waals surface area contributed by atoms with Gasteiger partial charge in [0.25, 0.3) is 11.5 Å². The number of hydrogen-bond acceptors (Lipinski definition) is 6. The molecule has 2 heterocycles. The lowest BCUT2D eigenvalue weighted by Gasteiger charge is -2.22. The number of aromatic amines is 1. The number of halogens is 4. The third kappa shape index (κ3) is 7.04. The highest BCUT2D eigenvalue weighted by Crippen LogP contribution is 2.22. The lowest BCUT2D eigenvalue weighted by atomic mass is 9.97. The molecule has 1 amide bonds. The van der Waals surface area contributed by atoms with Crippen LogP contribution in [0.1, 0.15) is 40.6 Å². The van der Waals surface area contributed by atoms with E-state index in [-0.39, 0.29) is 24.0 Å². The molecule has 9 nitrogen and oxygen atoms in total. The smallest absolute Gasteiger partial charge is 0.490 e. The molecule has 32 heavy (non-hydrogen) atoms. The zero-order chi connectivity index (χ0) is 23.9. The minimum Gasteiger partial charge on any atom is -0.501 e. The predicted molar refractivity (Wildman–Crippen MR) is 103 cm³/mol. The first kappa shape index (κ1) is 24.8. The van der Waals surface area contributed by atoms with Crippen LogP contribution in [0.3, 0.4) is 0 Å². The highest BCUT2D eigenvalue weighted by Gasteiger charge is 2.38. The Morgan fingerprint density at radius 2 is 1.72 bits per heavy atom. The lowest BCUT2D eigenvalue weighted by Crippen LogP contribution is -2.31. The normalized spacial score (nSPS) is 14.2. The van der Waals surface area contributed by atoms with Crippen LogP contribution >= 0.6 is 0 Å². The Hall–Kier alpha value is -3.48.